The molecule has 0 aromatic rings. The second kappa shape index (κ2) is 20.7. The normalized spacial score (nSPS) is 12.4. The van der Waals surface area contributed by atoms with Crippen molar-refractivity contribution in [3.8, 4) is 0 Å². The SMILES string of the molecule is CCCCCCCCCCCCCCCC(S)C(CC)CC.Cl. The molecule has 1 atom stereocenters. The second-order valence-corrected chi connectivity index (χ2v) is 7.84. The molecule has 0 spiro atoms. The van der Waals surface area contributed by atoms with Gasteiger partial charge in [0.05, 0.1) is 0 Å². The largest absolute Gasteiger partial charge is 0.176 e. The summed E-state index contributed by atoms with van der Waals surface area (Å²) in [5, 5.41) is 0.641. The quantitative estimate of drug-likeness (QED) is 0.194. The lowest BCUT2D eigenvalue weighted by atomic mass is 9.95. The zero-order chi connectivity index (χ0) is 16.5. The molecule has 0 fully saturated rings. The molecule has 0 saturated heterocycles. The Balaban J connectivity index is 0. The molecular formula is C21H45ClS. The second-order valence-electron chi connectivity index (χ2n) is 7.18. The number of rotatable bonds is 17. The Morgan fingerprint density at radius 1 is 0.565 bits per heavy atom. The maximum atomic E-state index is 4.80. The maximum Gasteiger partial charge on any atom is 0.00448 e. The molecule has 142 valence electrons. The van der Waals surface area contributed by atoms with E-state index in [0.29, 0.717) is 5.25 Å². The summed E-state index contributed by atoms with van der Waals surface area (Å²) in [5.41, 5.74) is 0. The van der Waals surface area contributed by atoms with Gasteiger partial charge in [-0.3, -0.25) is 0 Å². The van der Waals surface area contributed by atoms with Crippen LogP contribution in [0.1, 0.15) is 124 Å². The van der Waals surface area contributed by atoms with Crippen molar-refractivity contribution in [3.05, 3.63) is 0 Å². The van der Waals surface area contributed by atoms with Gasteiger partial charge in [0.2, 0.25) is 0 Å². The van der Waals surface area contributed by atoms with E-state index >= 15 is 0 Å². The molecule has 0 aliphatic carbocycles. The molecule has 0 aliphatic heterocycles. The van der Waals surface area contributed by atoms with Crippen LogP contribution in [0.25, 0.3) is 0 Å². The van der Waals surface area contributed by atoms with Gasteiger partial charge >= 0.3 is 0 Å². The Hall–Kier alpha value is 0.640. The molecule has 0 bridgehead atoms. The fourth-order valence-electron chi connectivity index (χ4n) is 3.44. The topological polar surface area (TPSA) is 0 Å². The summed E-state index contributed by atoms with van der Waals surface area (Å²) in [7, 11) is 0. The molecule has 0 N–H and O–H groups in total. The first-order chi connectivity index (χ1) is 10.8. The third kappa shape index (κ3) is 17.3. The van der Waals surface area contributed by atoms with Crippen molar-refractivity contribution in [2.24, 2.45) is 5.92 Å². The number of thiol groups is 1. The highest BCUT2D eigenvalue weighted by atomic mass is 35.5. The molecule has 0 heterocycles. The van der Waals surface area contributed by atoms with Crippen LogP contribution in [-0.4, -0.2) is 5.25 Å². The Bertz CT molecular complexity index is 204. The van der Waals surface area contributed by atoms with E-state index in [9.17, 15) is 0 Å². The van der Waals surface area contributed by atoms with Gasteiger partial charge in [0, 0.05) is 5.25 Å². The minimum absolute atomic E-state index is 0. The monoisotopic (exact) mass is 364 g/mol. The van der Waals surface area contributed by atoms with Gasteiger partial charge in [-0.1, -0.05) is 117 Å². The summed E-state index contributed by atoms with van der Waals surface area (Å²) in [6.45, 7) is 6.91. The first kappa shape index (κ1) is 25.9. The van der Waals surface area contributed by atoms with E-state index < -0.39 is 0 Å². The molecule has 23 heavy (non-hydrogen) atoms. The number of unbranched alkanes of at least 4 members (excludes halogenated alkanes) is 12. The third-order valence-corrected chi connectivity index (χ3v) is 5.88. The maximum absolute atomic E-state index is 4.80. The highest BCUT2D eigenvalue weighted by Crippen LogP contribution is 2.23. The molecule has 0 saturated carbocycles. The summed E-state index contributed by atoms with van der Waals surface area (Å²) in [6.07, 6.45) is 22.7. The van der Waals surface area contributed by atoms with Crippen LogP contribution in [0.15, 0.2) is 0 Å². The lowest BCUT2D eigenvalue weighted by Crippen LogP contribution is -2.13. The molecule has 0 nitrogen and oxygen atoms in total. The fourth-order valence-corrected chi connectivity index (χ4v) is 4.04. The van der Waals surface area contributed by atoms with Gasteiger partial charge in [0.25, 0.3) is 0 Å². The van der Waals surface area contributed by atoms with Gasteiger partial charge in [-0.2, -0.15) is 12.6 Å². The average molecular weight is 365 g/mol. The van der Waals surface area contributed by atoms with E-state index in [0.717, 1.165) is 5.92 Å². The van der Waals surface area contributed by atoms with Crippen LogP contribution in [-0.2, 0) is 0 Å². The van der Waals surface area contributed by atoms with Crippen molar-refractivity contribution in [1.29, 1.82) is 0 Å². The van der Waals surface area contributed by atoms with Crippen LogP contribution in [0, 0.1) is 5.92 Å². The summed E-state index contributed by atoms with van der Waals surface area (Å²) in [4.78, 5) is 0. The van der Waals surface area contributed by atoms with Crippen LogP contribution in [0.5, 0.6) is 0 Å². The van der Waals surface area contributed by atoms with Crippen molar-refractivity contribution in [3.63, 3.8) is 0 Å². The number of halogens is 1. The lowest BCUT2D eigenvalue weighted by molar-refractivity contribution is 0.440. The van der Waals surface area contributed by atoms with Crippen LogP contribution in [0.4, 0.5) is 0 Å². The third-order valence-electron chi connectivity index (χ3n) is 5.20. The molecule has 0 aromatic carbocycles. The first-order valence-corrected chi connectivity index (χ1v) is 11.0. The van der Waals surface area contributed by atoms with Gasteiger partial charge in [-0.25, -0.2) is 0 Å². The van der Waals surface area contributed by atoms with E-state index in [2.05, 4.69) is 20.8 Å². The molecular weight excluding hydrogens is 320 g/mol. The summed E-state index contributed by atoms with van der Waals surface area (Å²) < 4.78 is 0. The van der Waals surface area contributed by atoms with Crippen molar-refractivity contribution in [2.45, 2.75) is 129 Å². The van der Waals surface area contributed by atoms with Crippen molar-refractivity contribution in [1.82, 2.24) is 0 Å². The molecule has 0 aliphatic rings. The highest BCUT2D eigenvalue weighted by Gasteiger charge is 2.13. The van der Waals surface area contributed by atoms with Crippen molar-refractivity contribution < 1.29 is 0 Å². The fraction of sp³-hybridized carbons (Fsp3) is 1.00. The highest BCUT2D eigenvalue weighted by molar-refractivity contribution is 7.81. The van der Waals surface area contributed by atoms with E-state index in [1.165, 1.54) is 103 Å². The van der Waals surface area contributed by atoms with Crippen LogP contribution in [0.3, 0.4) is 0 Å². The summed E-state index contributed by atoms with van der Waals surface area (Å²) in [5.74, 6) is 0.834. The Kier molecular flexibility index (Phi) is 23.3. The zero-order valence-electron chi connectivity index (χ0n) is 16.3. The van der Waals surface area contributed by atoms with E-state index in [1.54, 1.807) is 0 Å². The lowest BCUT2D eigenvalue weighted by Gasteiger charge is -2.20. The van der Waals surface area contributed by atoms with Crippen LogP contribution < -0.4 is 0 Å². The average Bonchev–Trinajstić information content (AvgIpc) is 2.53. The standard InChI is InChI=1S/C21H44S.ClH/c1-4-7-8-9-10-11-12-13-14-15-16-17-18-19-21(22)20(5-2)6-3;/h20-22H,4-19H2,1-3H3;1H. The van der Waals surface area contributed by atoms with Crippen molar-refractivity contribution >= 4 is 25.0 Å². The smallest absolute Gasteiger partial charge is 0.00448 e. The number of hydrogen-bond acceptors (Lipinski definition) is 1. The zero-order valence-corrected chi connectivity index (χ0v) is 18.0. The van der Waals surface area contributed by atoms with Crippen LogP contribution in [0.2, 0.25) is 0 Å². The Morgan fingerprint density at radius 3 is 1.26 bits per heavy atom. The van der Waals surface area contributed by atoms with Gasteiger partial charge in [0.1, 0.15) is 0 Å². The van der Waals surface area contributed by atoms with E-state index in [4.69, 9.17) is 12.6 Å². The van der Waals surface area contributed by atoms with Crippen LogP contribution >= 0.6 is 25.0 Å². The molecule has 1 unspecified atom stereocenters. The van der Waals surface area contributed by atoms with Gasteiger partial charge in [-0.05, 0) is 12.3 Å². The van der Waals surface area contributed by atoms with Crippen molar-refractivity contribution in [2.75, 3.05) is 0 Å². The molecule has 0 amide bonds. The predicted molar refractivity (Wildman–Crippen MR) is 114 cm³/mol. The predicted octanol–water partition coefficient (Wildman–Crippen LogP) is 8.62. The van der Waals surface area contributed by atoms with E-state index in [1.807, 2.05) is 0 Å². The Labute approximate surface area is 159 Å². The minimum atomic E-state index is 0. The Morgan fingerprint density at radius 2 is 0.913 bits per heavy atom. The first-order valence-electron chi connectivity index (χ1n) is 10.4. The van der Waals surface area contributed by atoms with Gasteiger partial charge in [-0.15, -0.1) is 12.4 Å². The molecule has 2 heteroatoms. The summed E-state index contributed by atoms with van der Waals surface area (Å²) in [6, 6.07) is 0. The molecule has 0 rings (SSSR count). The van der Waals surface area contributed by atoms with Gasteiger partial charge in [0.15, 0.2) is 0 Å². The minimum Gasteiger partial charge on any atom is -0.176 e. The number of hydrogen-bond donors (Lipinski definition) is 1. The molecule has 0 aromatic heterocycles. The van der Waals surface area contributed by atoms with E-state index in [-0.39, 0.29) is 12.4 Å². The summed E-state index contributed by atoms with van der Waals surface area (Å²) >= 11 is 4.80. The van der Waals surface area contributed by atoms with Gasteiger partial charge < -0.3 is 0 Å². The molecule has 0 radical (unpaired) electrons.